The maximum absolute atomic E-state index is 12.0. The molecule has 2 unspecified atom stereocenters. The van der Waals surface area contributed by atoms with Crippen molar-refractivity contribution in [2.24, 2.45) is 5.92 Å². The number of carbonyl (C=O) groups is 1. The van der Waals surface area contributed by atoms with Crippen LogP contribution in [-0.2, 0) is 13.1 Å². The van der Waals surface area contributed by atoms with Gasteiger partial charge in [-0.2, -0.15) is 0 Å². The van der Waals surface area contributed by atoms with E-state index in [9.17, 15) is 9.90 Å². The molecule has 0 aliphatic carbocycles. The Morgan fingerprint density at radius 1 is 1.36 bits per heavy atom. The third-order valence-corrected chi connectivity index (χ3v) is 4.65. The van der Waals surface area contributed by atoms with Crippen molar-refractivity contribution in [3.8, 4) is 0 Å². The van der Waals surface area contributed by atoms with E-state index >= 15 is 0 Å². The molecule has 0 radical (unpaired) electrons. The van der Waals surface area contributed by atoms with E-state index in [1.54, 1.807) is 19.4 Å². The number of benzene rings is 1. The maximum Gasteiger partial charge on any atom is 0.315 e. The molecular weight excluding hydrogens is 316 g/mol. The number of rotatable bonds is 8. The number of amides is 2. The SMILES string of the molecule is CCC(C)C(C)(O)CNC(=O)NCc1cccc(Cn2ccnc2)c1. The first-order valence-corrected chi connectivity index (χ1v) is 8.68. The molecule has 0 aliphatic rings. The lowest BCUT2D eigenvalue weighted by Gasteiger charge is -2.29. The van der Waals surface area contributed by atoms with E-state index in [2.05, 4.69) is 21.7 Å². The molecule has 0 fully saturated rings. The lowest BCUT2D eigenvalue weighted by atomic mass is 9.89. The number of carbonyl (C=O) groups excluding carboxylic acids is 1. The molecule has 1 aromatic carbocycles. The molecule has 2 rings (SSSR count). The molecule has 0 spiro atoms. The summed E-state index contributed by atoms with van der Waals surface area (Å²) in [6.07, 6.45) is 6.31. The van der Waals surface area contributed by atoms with E-state index in [1.165, 1.54) is 0 Å². The Hall–Kier alpha value is -2.34. The number of hydrogen-bond donors (Lipinski definition) is 3. The zero-order chi connectivity index (χ0) is 18.3. The van der Waals surface area contributed by atoms with Crippen LogP contribution in [-0.4, -0.2) is 32.8 Å². The molecule has 25 heavy (non-hydrogen) atoms. The van der Waals surface area contributed by atoms with Crippen LogP contribution in [0.15, 0.2) is 43.0 Å². The number of aromatic nitrogens is 2. The Morgan fingerprint density at radius 3 is 2.80 bits per heavy atom. The van der Waals surface area contributed by atoms with Crippen molar-refractivity contribution in [1.29, 1.82) is 0 Å². The fourth-order valence-electron chi connectivity index (χ4n) is 2.55. The summed E-state index contributed by atoms with van der Waals surface area (Å²) in [5, 5.41) is 15.9. The van der Waals surface area contributed by atoms with Gasteiger partial charge in [-0.25, -0.2) is 9.78 Å². The van der Waals surface area contributed by atoms with Crippen molar-refractivity contribution in [2.45, 2.75) is 45.9 Å². The molecule has 6 nitrogen and oxygen atoms in total. The van der Waals surface area contributed by atoms with E-state index < -0.39 is 5.60 Å². The van der Waals surface area contributed by atoms with Crippen molar-refractivity contribution in [3.05, 3.63) is 54.1 Å². The van der Waals surface area contributed by atoms with Gasteiger partial charge in [-0.15, -0.1) is 0 Å². The highest BCUT2D eigenvalue weighted by molar-refractivity contribution is 5.73. The van der Waals surface area contributed by atoms with Gasteiger partial charge in [0.05, 0.1) is 11.9 Å². The van der Waals surface area contributed by atoms with Gasteiger partial charge in [-0.05, 0) is 24.0 Å². The van der Waals surface area contributed by atoms with Crippen LogP contribution in [0.4, 0.5) is 4.79 Å². The highest BCUT2D eigenvalue weighted by Crippen LogP contribution is 2.18. The molecule has 0 aliphatic heterocycles. The summed E-state index contributed by atoms with van der Waals surface area (Å²) in [4.78, 5) is 16.0. The number of hydrogen-bond acceptors (Lipinski definition) is 3. The van der Waals surface area contributed by atoms with Crippen LogP contribution < -0.4 is 10.6 Å². The van der Waals surface area contributed by atoms with Crippen LogP contribution in [0.25, 0.3) is 0 Å². The monoisotopic (exact) mass is 344 g/mol. The van der Waals surface area contributed by atoms with Crippen LogP contribution in [0.5, 0.6) is 0 Å². The summed E-state index contributed by atoms with van der Waals surface area (Å²) in [6, 6.07) is 7.80. The van der Waals surface area contributed by atoms with Gasteiger partial charge in [0.15, 0.2) is 0 Å². The summed E-state index contributed by atoms with van der Waals surface area (Å²) < 4.78 is 2.00. The minimum absolute atomic E-state index is 0.118. The first-order valence-electron chi connectivity index (χ1n) is 8.68. The first kappa shape index (κ1) is 19.0. The molecular formula is C19H28N4O2. The van der Waals surface area contributed by atoms with E-state index in [1.807, 2.05) is 42.8 Å². The Balaban J connectivity index is 1.81. The Labute approximate surface area is 149 Å². The summed E-state index contributed by atoms with van der Waals surface area (Å²) in [5.41, 5.74) is 1.27. The van der Waals surface area contributed by atoms with Crippen LogP contribution in [0.2, 0.25) is 0 Å². The second-order valence-electron chi connectivity index (χ2n) is 6.76. The van der Waals surface area contributed by atoms with Gasteiger partial charge in [-0.3, -0.25) is 0 Å². The van der Waals surface area contributed by atoms with Gasteiger partial charge < -0.3 is 20.3 Å². The quantitative estimate of drug-likeness (QED) is 0.688. The molecule has 2 amide bonds. The fourth-order valence-corrected chi connectivity index (χ4v) is 2.55. The molecule has 2 atom stereocenters. The predicted molar refractivity (Wildman–Crippen MR) is 98.1 cm³/mol. The maximum atomic E-state index is 12.0. The summed E-state index contributed by atoms with van der Waals surface area (Å²) in [7, 11) is 0. The highest BCUT2D eigenvalue weighted by atomic mass is 16.3. The number of aliphatic hydroxyl groups is 1. The van der Waals surface area contributed by atoms with Gasteiger partial charge in [0.2, 0.25) is 0 Å². The van der Waals surface area contributed by atoms with Gasteiger partial charge in [0.25, 0.3) is 0 Å². The van der Waals surface area contributed by atoms with E-state index in [-0.39, 0.29) is 18.5 Å². The van der Waals surface area contributed by atoms with Crippen LogP contribution >= 0.6 is 0 Å². The second kappa shape index (κ2) is 8.67. The Morgan fingerprint density at radius 2 is 2.12 bits per heavy atom. The first-order chi connectivity index (χ1) is 11.9. The Bertz CT molecular complexity index is 668. The van der Waals surface area contributed by atoms with E-state index in [0.29, 0.717) is 6.54 Å². The van der Waals surface area contributed by atoms with Gasteiger partial charge in [0, 0.05) is 32.0 Å². The molecule has 1 aromatic heterocycles. The second-order valence-corrected chi connectivity index (χ2v) is 6.76. The summed E-state index contributed by atoms with van der Waals surface area (Å²) in [6.45, 7) is 7.17. The predicted octanol–water partition coefficient (Wildman–Crippen LogP) is 2.53. The summed E-state index contributed by atoms with van der Waals surface area (Å²) in [5.74, 6) is 0.118. The third-order valence-electron chi connectivity index (χ3n) is 4.65. The van der Waals surface area contributed by atoms with Crippen molar-refractivity contribution >= 4 is 6.03 Å². The zero-order valence-corrected chi connectivity index (χ0v) is 15.2. The molecule has 3 N–H and O–H groups in total. The van der Waals surface area contributed by atoms with Crippen LogP contribution in [0.3, 0.4) is 0 Å². The molecule has 1 heterocycles. The molecule has 0 bridgehead atoms. The largest absolute Gasteiger partial charge is 0.388 e. The minimum atomic E-state index is -0.906. The van der Waals surface area contributed by atoms with Crippen molar-refractivity contribution in [2.75, 3.05) is 6.54 Å². The van der Waals surface area contributed by atoms with Crippen LogP contribution in [0, 0.1) is 5.92 Å². The van der Waals surface area contributed by atoms with E-state index in [4.69, 9.17) is 0 Å². The lowest BCUT2D eigenvalue weighted by Crippen LogP contribution is -2.47. The third kappa shape index (κ3) is 5.90. The minimum Gasteiger partial charge on any atom is -0.388 e. The molecule has 2 aromatic rings. The number of urea groups is 1. The topological polar surface area (TPSA) is 79.2 Å². The number of imidazole rings is 1. The Kier molecular flexibility index (Phi) is 6.58. The fraction of sp³-hybridized carbons (Fsp3) is 0.474. The lowest BCUT2D eigenvalue weighted by molar-refractivity contribution is 0.00790. The normalized spacial score (nSPS) is 14.6. The molecule has 6 heteroatoms. The molecule has 0 saturated heterocycles. The van der Waals surface area contributed by atoms with Gasteiger partial charge >= 0.3 is 6.03 Å². The number of nitrogens with one attached hydrogen (secondary N) is 2. The summed E-state index contributed by atoms with van der Waals surface area (Å²) >= 11 is 0. The van der Waals surface area contributed by atoms with Gasteiger partial charge in [0.1, 0.15) is 0 Å². The van der Waals surface area contributed by atoms with Gasteiger partial charge in [-0.1, -0.05) is 44.5 Å². The van der Waals surface area contributed by atoms with Crippen LogP contribution in [0.1, 0.15) is 38.3 Å². The average Bonchev–Trinajstić information content (AvgIpc) is 3.10. The zero-order valence-electron chi connectivity index (χ0n) is 15.2. The van der Waals surface area contributed by atoms with Crippen molar-refractivity contribution in [1.82, 2.24) is 20.2 Å². The average molecular weight is 344 g/mol. The standard InChI is InChI=1S/C19H28N4O2/c1-4-15(2)19(3,25)13-22-18(24)21-11-16-6-5-7-17(10-16)12-23-9-8-20-14-23/h5-10,14-15,25H,4,11-13H2,1-3H3,(H2,21,22,24). The molecule has 136 valence electrons. The smallest absolute Gasteiger partial charge is 0.315 e. The highest BCUT2D eigenvalue weighted by Gasteiger charge is 2.27. The van der Waals surface area contributed by atoms with Crippen molar-refractivity contribution in [3.63, 3.8) is 0 Å². The molecule has 0 saturated carbocycles. The van der Waals surface area contributed by atoms with Crippen molar-refractivity contribution < 1.29 is 9.90 Å². The number of nitrogens with zero attached hydrogens (tertiary/aromatic N) is 2. The van der Waals surface area contributed by atoms with E-state index in [0.717, 1.165) is 24.1 Å².